The van der Waals surface area contributed by atoms with Crippen LogP contribution in [0, 0.1) is 0 Å². The number of rotatable bonds is 26. The second-order valence-corrected chi connectivity index (χ2v) is 24.7. The number of amides is 4. The number of ether oxygens (including phenoxy) is 13. The van der Waals surface area contributed by atoms with E-state index >= 15 is 0 Å². The number of aliphatic carboxylic acids is 1. The van der Waals surface area contributed by atoms with Crippen molar-refractivity contribution in [3.05, 3.63) is 59.7 Å². The summed E-state index contributed by atoms with van der Waals surface area (Å²) in [5.74, 6) is -4.68. The predicted octanol–water partition coefficient (Wildman–Crippen LogP) is -10.7. The van der Waals surface area contributed by atoms with Crippen LogP contribution in [0.15, 0.2) is 48.5 Å². The van der Waals surface area contributed by atoms with Crippen LogP contribution in [0.4, 0.5) is 4.79 Å². The quantitative estimate of drug-likeness (QED) is 0.0416. The fraction of sp³-hybridized carbons (Fsp3) is 0.717. The summed E-state index contributed by atoms with van der Waals surface area (Å²) in [4.78, 5) is 64.7. The minimum Gasteiger partial charge on any atom is -0.480 e. The molecule has 99 heavy (non-hydrogen) atoms. The van der Waals surface area contributed by atoms with Gasteiger partial charge in [0.1, 0.15) is 153 Å². The predicted molar refractivity (Wildman–Crippen MR) is 317 cm³/mol. The molecular formula is C60H86N4O35. The molecular weight excluding hydrogens is 1340 g/mol. The molecule has 556 valence electrons. The first-order valence-corrected chi connectivity index (χ1v) is 31.6. The largest absolute Gasteiger partial charge is 0.480 e. The molecule has 0 aromatic heterocycles. The molecule has 4 amide bonds. The number of nitrogens with one attached hydrogen (secondary N) is 4. The number of hydrogen-bond donors (Lipinski definition) is 21. The molecule has 31 atom stereocenters. The molecule has 39 heteroatoms. The van der Waals surface area contributed by atoms with Gasteiger partial charge in [-0.3, -0.25) is 14.4 Å². The number of benzene rings is 2. The van der Waals surface area contributed by atoms with Gasteiger partial charge in [0.25, 0.3) is 0 Å². The zero-order valence-corrected chi connectivity index (χ0v) is 53.2. The van der Waals surface area contributed by atoms with E-state index in [2.05, 4.69) is 21.3 Å². The summed E-state index contributed by atoms with van der Waals surface area (Å²) in [6, 6.07) is 7.58. The Labute approximate surface area is 562 Å². The Balaban J connectivity index is 0.919. The number of carbonyl (C=O) groups is 5. The molecule has 0 radical (unpaired) electrons. The highest BCUT2D eigenvalue weighted by atomic mass is 16.8. The first-order valence-electron chi connectivity index (χ1n) is 31.6. The van der Waals surface area contributed by atoms with Crippen molar-refractivity contribution < 1.29 is 172 Å². The Morgan fingerprint density at radius 2 is 0.788 bits per heavy atom. The lowest BCUT2D eigenvalue weighted by molar-refractivity contribution is -0.378. The van der Waals surface area contributed by atoms with Crippen molar-refractivity contribution in [1.82, 2.24) is 21.3 Å². The first-order chi connectivity index (χ1) is 47.1. The average Bonchev–Trinajstić information content (AvgIpc) is 1.69. The van der Waals surface area contributed by atoms with E-state index in [0.717, 1.165) is 43.0 Å². The Bertz CT molecular complexity index is 2970. The smallest absolute Gasteiger partial charge is 0.407 e. The van der Waals surface area contributed by atoms with E-state index in [0.29, 0.717) is 0 Å². The Hall–Kier alpha value is -5.53. The summed E-state index contributed by atoms with van der Waals surface area (Å²) >= 11 is 0. The Morgan fingerprint density at radius 1 is 0.404 bits per heavy atom. The Kier molecular flexibility index (Phi) is 26.8. The molecule has 6 saturated heterocycles. The van der Waals surface area contributed by atoms with Gasteiger partial charge in [-0.2, -0.15) is 0 Å². The van der Waals surface area contributed by atoms with Gasteiger partial charge in [0.15, 0.2) is 43.8 Å². The molecule has 7 aliphatic rings. The lowest BCUT2D eigenvalue weighted by Crippen LogP contribution is -2.70. The molecule has 1 aliphatic carbocycles. The highest BCUT2D eigenvalue weighted by Gasteiger charge is 2.58. The van der Waals surface area contributed by atoms with Crippen LogP contribution < -0.4 is 21.3 Å². The highest BCUT2D eigenvalue weighted by Crippen LogP contribution is 2.45. The maximum Gasteiger partial charge on any atom is 0.407 e. The van der Waals surface area contributed by atoms with E-state index in [9.17, 15) is 111 Å². The molecule has 9 rings (SSSR count). The van der Waals surface area contributed by atoms with E-state index in [1.165, 1.54) is 0 Å². The number of aliphatic hydroxyl groups is 16. The molecule has 39 nitrogen and oxygen atoms in total. The normalized spacial score (nSPS) is 40.4. The second kappa shape index (κ2) is 34.2. The monoisotopic (exact) mass is 1420 g/mol. The van der Waals surface area contributed by atoms with E-state index in [4.69, 9.17) is 61.6 Å². The molecule has 21 N–H and O–H groups in total. The minimum atomic E-state index is -2.26. The second-order valence-electron chi connectivity index (χ2n) is 24.7. The van der Waals surface area contributed by atoms with E-state index in [1.807, 2.05) is 48.5 Å². The van der Waals surface area contributed by atoms with Gasteiger partial charge < -0.3 is 170 Å². The van der Waals surface area contributed by atoms with Crippen LogP contribution in [0.1, 0.15) is 37.8 Å². The average molecular weight is 1420 g/mol. The van der Waals surface area contributed by atoms with E-state index < -0.39 is 272 Å². The van der Waals surface area contributed by atoms with Gasteiger partial charge >= 0.3 is 12.1 Å². The Morgan fingerprint density at radius 3 is 1.26 bits per heavy atom. The van der Waals surface area contributed by atoms with Crippen molar-refractivity contribution in [1.29, 1.82) is 0 Å². The number of alkyl carbamates (subject to hydrolysis) is 1. The number of fused-ring (bicyclic) bond motifs is 3. The van der Waals surface area contributed by atoms with Crippen molar-refractivity contribution in [3.8, 4) is 11.1 Å². The highest BCUT2D eigenvalue weighted by molar-refractivity contribution is 5.81. The fourth-order valence-electron chi connectivity index (χ4n) is 12.9. The zero-order valence-electron chi connectivity index (χ0n) is 53.2. The van der Waals surface area contributed by atoms with Gasteiger partial charge in [-0.15, -0.1) is 0 Å². The van der Waals surface area contributed by atoms with Crippen LogP contribution in [0.5, 0.6) is 0 Å². The van der Waals surface area contributed by atoms with Gasteiger partial charge in [0.2, 0.25) is 17.7 Å². The summed E-state index contributed by atoms with van der Waals surface area (Å²) in [5, 5.41) is 194. The summed E-state index contributed by atoms with van der Waals surface area (Å²) in [5.41, 5.74) is 3.52. The molecule has 2 aromatic rings. The molecule has 6 aliphatic heterocycles. The first kappa shape index (κ1) is 77.6. The zero-order chi connectivity index (χ0) is 72.0. The van der Waals surface area contributed by atoms with E-state index in [-0.39, 0.29) is 6.61 Å². The molecule has 0 bridgehead atoms. The fourth-order valence-corrected chi connectivity index (χ4v) is 12.9. The van der Waals surface area contributed by atoms with Gasteiger partial charge in [-0.1, -0.05) is 48.5 Å². The molecule has 0 saturated carbocycles. The third-order valence-electron chi connectivity index (χ3n) is 18.0. The molecule has 0 spiro atoms. The number of carboxylic acids is 1. The van der Waals surface area contributed by atoms with Crippen molar-refractivity contribution in [2.45, 2.75) is 217 Å². The SMILES string of the molecule is CC(=O)N[C@H]1[C@H](O[C@H]2[C@@H](O)[C@@H](CO)O[C@@H](O[C@H]3[C@H](O)[C@@H](NC(C)=O)[C@H](OC[C@H]4O[C@H](OC[C@H](NC(=O)OCC5c6ccccc6-c6ccccc65)C(=O)O)[C@H](NC(C)=O)[C@@H](O[C@@H]5O[C@H](CO)[C@H](O)[C@H](O)[C@H]5O)[C@H]4O)O[C@@H]3CO)[C@@H]2O)O[C@H](CO)[C@@H](O[C@@H]2O[C@H](CO)[C@H](O)[C@H](O)[C@H]2O)[C@@H]1O. The summed E-state index contributed by atoms with van der Waals surface area (Å²) in [6.45, 7) is -4.15. The summed E-state index contributed by atoms with van der Waals surface area (Å²) in [7, 11) is 0. The van der Waals surface area contributed by atoms with Gasteiger partial charge in [0, 0.05) is 26.7 Å². The number of carbonyl (C=O) groups excluding carboxylic acids is 4. The van der Waals surface area contributed by atoms with E-state index in [1.54, 1.807) is 0 Å². The maximum absolute atomic E-state index is 13.4. The van der Waals surface area contributed by atoms with Gasteiger partial charge in [-0.25, -0.2) is 9.59 Å². The molecule has 6 heterocycles. The lowest BCUT2D eigenvalue weighted by Gasteiger charge is -2.50. The minimum absolute atomic E-state index is 0.231. The van der Waals surface area contributed by atoms with Crippen molar-refractivity contribution in [3.63, 3.8) is 0 Å². The van der Waals surface area contributed by atoms with Crippen LogP contribution in [-0.4, -0.2) is 360 Å². The van der Waals surface area contributed by atoms with Gasteiger partial charge in [-0.05, 0) is 22.3 Å². The van der Waals surface area contributed by atoms with Crippen molar-refractivity contribution in [2.24, 2.45) is 0 Å². The standard InChI is InChI=1S/C60H86N4O35/c1-20(70)61-35-42(77)49(97-59-48(83)52(40(75)31(14-67)92-59)99-56-36(62-21(2)71)43(78)50(33(16-69)94-56)96-57-46(81)44(79)38(73)29(12-65)90-57)32(15-68)93-54(35)88-19-34-41(76)51(98-58-47(82)45(80)39(74)30(13-66)91-58)37(63-22(3)72)55(95-34)87-18-28(53(84)85)64-60(86)89-17-27-25-10-6-4-8-23(25)24-9-5-7-11-26(24)27/h4-11,27-52,54-59,65-69,73-83H,12-19H2,1-3H3,(H,61,70)(H,62,71)(H,63,72)(H,64,86)(H,84,85)/t28-,29+,30+,31+,32+,33+,34+,35+,36+,37+,38-,39-,40-,41-,42+,43+,44-,45-,46+,47+,48+,49+,50+,51+,52-,54+,55-,56-,57-,58-,59-/m0/s1. The van der Waals surface area contributed by atoms with Gasteiger partial charge in [0.05, 0.1) is 46.2 Å². The summed E-state index contributed by atoms with van der Waals surface area (Å²) < 4.78 is 76.1. The number of hydrogen-bond acceptors (Lipinski definition) is 34. The van der Waals surface area contributed by atoms with Crippen molar-refractivity contribution >= 4 is 29.8 Å². The topological polar surface area (TPSA) is 597 Å². The van der Waals surface area contributed by atoms with Crippen LogP contribution in [0.2, 0.25) is 0 Å². The van der Waals surface area contributed by atoms with Crippen LogP contribution >= 0.6 is 0 Å². The number of carboxylic acid groups (broad SMARTS) is 1. The number of aliphatic hydroxyl groups excluding tert-OH is 16. The maximum atomic E-state index is 13.4. The van der Waals surface area contributed by atoms with Crippen LogP contribution in [-0.2, 0) is 80.8 Å². The molecule has 0 unspecified atom stereocenters. The van der Waals surface area contributed by atoms with Crippen molar-refractivity contribution in [2.75, 3.05) is 52.9 Å². The lowest BCUT2D eigenvalue weighted by atomic mass is 9.94. The third-order valence-corrected chi connectivity index (χ3v) is 18.0. The summed E-state index contributed by atoms with van der Waals surface area (Å²) in [6.07, 6.45) is -53.4. The van der Waals surface area contributed by atoms with Crippen LogP contribution in [0.25, 0.3) is 11.1 Å². The van der Waals surface area contributed by atoms with Crippen LogP contribution in [0.3, 0.4) is 0 Å². The molecule has 2 aromatic carbocycles. The molecule has 6 fully saturated rings. The third kappa shape index (κ3) is 17.2.